The Morgan fingerprint density at radius 1 is 1.06 bits per heavy atom. The Labute approximate surface area is 218 Å². The van der Waals surface area contributed by atoms with Gasteiger partial charge in [-0.3, -0.25) is 19.7 Å². The van der Waals surface area contributed by atoms with Crippen LogP contribution in [-0.4, -0.2) is 29.6 Å². The van der Waals surface area contributed by atoms with Gasteiger partial charge in [-0.25, -0.2) is 5.43 Å². The van der Waals surface area contributed by atoms with E-state index in [2.05, 4.69) is 47.7 Å². The van der Waals surface area contributed by atoms with Crippen molar-refractivity contribution in [1.29, 1.82) is 0 Å². The number of amides is 2. The van der Waals surface area contributed by atoms with Crippen molar-refractivity contribution >= 4 is 61.3 Å². The van der Waals surface area contributed by atoms with Crippen molar-refractivity contribution in [3.8, 4) is 5.75 Å². The molecule has 0 spiro atoms. The van der Waals surface area contributed by atoms with Crippen LogP contribution in [-0.2, 0) is 4.79 Å². The molecule has 0 heterocycles. The van der Waals surface area contributed by atoms with E-state index in [0.717, 1.165) is 16.8 Å². The van der Waals surface area contributed by atoms with Gasteiger partial charge in [0, 0.05) is 23.4 Å². The summed E-state index contributed by atoms with van der Waals surface area (Å²) in [7, 11) is 0. The average molecular weight is 604 g/mol. The van der Waals surface area contributed by atoms with Gasteiger partial charge in [-0.15, -0.1) is 0 Å². The molecule has 0 unspecified atom stereocenters. The fraction of sp³-hybridized carbons (Fsp3) is 0.125. The lowest BCUT2D eigenvalue weighted by molar-refractivity contribution is -0.384. The first-order chi connectivity index (χ1) is 16.6. The number of nitro groups is 1. The maximum atomic E-state index is 12.4. The zero-order valence-corrected chi connectivity index (χ0v) is 21.8. The number of hydrogen-bond acceptors (Lipinski definition) is 6. The summed E-state index contributed by atoms with van der Waals surface area (Å²) < 4.78 is 6.84. The molecule has 2 N–H and O–H groups in total. The molecule has 0 radical (unpaired) electrons. The van der Waals surface area contributed by atoms with Crippen LogP contribution in [0.2, 0.25) is 0 Å². The van der Waals surface area contributed by atoms with E-state index in [0.29, 0.717) is 20.3 Å². The zero-order valence-electron chi connectivity index (χ0n) is 18.7. The van der Waals surface area contributed by atoms with Crippen molar-refractivity contribution in [2.45, 2.75) is 13.8 Å². The van der Waals surface area contributed by atoms with Gasteiger partial charge >= 0.3 is 0 Å². The Bertz CT molecular complexity index is 1290. The molecule has 0 aliphatic rings. The molecule has 9 nitrogen and oxygen atoms in total. The third-order valence-electron chi connectivity index (χ3n) is 4.76. The largest absolute Gasteiger partial charge is 0.481 e. The molecule has 0 aliphatic carbocycles. The number of hydrogen-bond donors (Lipinski definition) is 2. The van der Waals surface area contributed by atoms with E-state index in [4.69, 9.17) is 4.74 Å². The summed E-state index contributed by atoms with van der Waals surface area (Å²) >= 11 is 6.84. The molecule has 35 heavy (non-hydrogen) atoms. The molecule has 0 aliphatic heterocycles. The van der Waals surface area contributed by atoms with Crippen LogP contribution in [0.5, 0.6) is 5.75 Å². The molecule has 0 bridgehead atoms. The second kappa shape index (κ2) is 11.7. The zero-order chi connectivity index (χ0) is 25.5. The van der Waals surface area contributed by atoms with Crippen LogP contribution >= 0.6 is 31.9 Å². The molecule has 0 fully saturated rings. The second-order valence-corrected chi connectivity index (χ2v) is 9.18. The van der Waals surface area contributed by atoms with Crippen molar-refractivity contribution in [2.24, 2.45) is 5.10 Å². The van der Waals surface area contributed by atoms with E-state index in [1.54, 1.807) is 12.1 Å². The number of nitrogens with one attached hydrogen (secondary N) is 2. The molecule has 2 amide bonds. The van der Waals surface area contributed by atoms with Crippen LogP contribution in [0.4, 0.5) is 11.4 Å². The van der Waals surface area contributed by atoms with Gasteiger partial charge in [-0.1, -0.05) is 12.1 Å². The molecule has 3 aromatic rings. The maximum Gasteiger partial charge on any atom is 0.271 e. The van der Waals surface area contributed by atoms with Crippen LogP contribution < -0.4 is 15.5 Å². The number of aryl methyl sites for hydroxylation is 2. The van der Waals surface area contributed by atoms with Crippen molar-refractivity contribution in [3.63, 3.8) is 0 Å². The van der Waals surface area contributed by atoms with Crippen molar-refractivity contribution in [1.82, 2.24) is 5.43 Å². The minimum Gasteiger partial charge on any atom is -0.481 e. The van der Waals surface area contributed by atoms with Crippen LogP contribution in [0, 0.1) is 24.0 Å². The summed E-state index contributed by atoms with van der Waals surface area (Å²) in [6, 6.07) is 14.4. The summed E-state index contributed by atoms with van der Waals surface area (Å²) in [5.41, 5.74) is 5.86. The molecule has 3 aromatic carbocycles. The Hall–Kier alpha value is -3.57. The van der Waals surface area contributed by atoms with Gasteiger partial charge in [0.05, 0.1) is 20.1 Å². The van der Waals surface area contributed by atoms with Crippen LogP contribution in [0.3, 0.4) is 0 Å². The Morgan fingerprint density at radius 3 is 2.34 bits per heavy atom. The van der Waals surface area contributed by atoms with E-state index in [1.165, 1.54) is 30.5 Å². The SMILES string of the molecule is Cc1ccc(C)c(NC(=O)COc2c(Br)cc(/C=N/NC(=O)c3ccc([N+](=O)[O-])cc3)cc2Br)c1. The van der Waals surface area contributed by atoms with Gasteiger partial charge in [0.25, 0.3) is 17.5 Å². The van der Waals surface area contributed by atoms with Gasteiger partial charge in [0.1, 0.15) is 5.75 Å². The first kappa shape index (κ1) is 26.0. The number of hydrazone groups is 1. The number of anilines is 1. The predicted molar refractivity (Wildman–Crippen MR) is 140 cm³/mol. The first-order valence-corrected chi connectivity index (χ1v) is 11.8. The third kappa shape index (κ3) is 7.20. The average Bonchev–Trinajstić information content (AvgIpc) is 2.81. The van der Waals surface area contributed by atoms with E-state index < -0.39 is 10.8 Å². The minimum atomic E-state index is -0.541. The van der Waals surface area contributed by atoms with E-state index in [1.807, 2.05) is 32.0 Å². The summed E-state index contributed by atoms with van der Waals surface area (Å²) in [6.45, 7) is 3.67. The lowest BCUT2D eigenvalue weighted by atomic mass is 10.1. The number of non-ortho nitro benzene ring substituents is 1. The molecular weight excluding hydrogens is 584 g/mol. The van der Waals surface area contributed by atoms with Crippen molar-refractivity contribution in [2.75, 3.05) is 11.9 Å². The Balaban J connectivity index is 1.59. The van der Waals surface area contributed by atoms with Crippen LogP contribution in [0.25, 0.3) is 0 Å². The van der Waals surface area contributed by atoms with Gasteiger partial charge in [-0.05, 0) is 92.7 Å². The van der Waals surface area contributed by atoms with Crippen molar-refractivity contribution < 1.29 is 19.2 Å². The van der Waals surface area contributed by atoms with E-state index in [-0.39, 0.29) is 23.8 Å². The van der Waals surface area contributed by atoms with E-state index >= 15 is 0 Å². The highest BCUT2D eigenvalue weighted by atomic mass is 79.9. The molecule has 180 valence electrons. The molecule has 3 rings (SSSR count). The number of carbonyl (C=O) groups is 2. The molecule has 0 atom stereocenters. The lowest BCUT2D eigenvalue weighted by Gasteiger charge is -2.13. The topological polar surface area (TPSA) is 123 Å². The first-order valence-electron chi connectivity index (χ1n) is 10.2. The maximum absolute atomic E-state index is 12.4. The number of carbonyl (C=O) groups excluding carboxylic acids is 2. The molecular formula is C24H20Br2N4O5. The monoisotopic (exact) mass is 602 g/mol. The van der Waals surface area contributed by atoms with Crippen LogP contribution in [0.15, 0.2) is 68.6 Å². The van der Waals surface area contributed by atoms with Gasteiger partial charge < -0.3 is 10.1 Å². The molecule has 0 saturated carbocycles. The standard InChI is InChI=1S/C24H20Br2N4O5/c1-14-3-4-15(2)21(9-14)28-22(31)13-35-23-19(25)10-16(11-20(23)26)12-27-29-24(32)17-5-7-18(8-6-17)30(33)34/h3-12H,13H2,1-2H3,(H,28,31)(H,29,32)/b27-12+. The number of nitrogens with zero attached hydrogens (tertiary/aromatic N) is 2. The second-order valence-electron chi connectivity index (χ2n) is 7.47. The van der Waals surface area contributed by atoms with E-state index in [9.17, 15) is 19.7 Å². The Kier molecular flexibility index (Phi) is 8.72. The summed E-state index contributed by atoms with van der Waals surface area (Å²) in [6.07, 6.45) is 1.43. The summed E-state index contributed by atoms with van der Waals surface area (Å²) in [5.74, 6) is -0.366. The Morgan fingerprint density at radius 2 is 1.71 bits per heavy atom. The predicted octanol–water partition coefficient (Wildman–Crippen LogP) is 5.52. The number of nitro benzene ring substituents is 1. The number of benzene rings is 3. The molecule has 11 heteroatoms. The fourth-order valence-corrected chi connectivity index (χ4v) is 4.40. The minimum absolute atomic E-state index is 0.107. The summed E-state index contributed by atoms with van der Waals surface area (Å²) in [4.78, 5) is 34.7. The number of rotatable bonds is 8. The highest BCUT2D eigenvalue weighted by Gasteiger charge is 2.13. The number of ether oxygens (including phenoxy) is 1. The highest BCUT2D eigenvalue weighted by Crippen LogP contribution is 2.34. The molecule has 0 saturated heterocycles. The van der Waals surface area contributed by atoms with Gasteiger partial charge in [0.15, 0.2) is 6.61 Å². The smallest absolute Gasteiger partial charge is 0.271 e. The van der Waals surface area contributed by atoms with Gasteiger partial charge in [0.2, 0.25) is 0 Å². The lowest BCUT2D eigenvalue weighted by Crippen LogP contribution is -2.21. The third-order valence-corrected chi connectivity index (χ3v) is 5.93. The normalized spacial score (nSPS) is 10.7. The van der Waals surface area contributed by atoms with Crippen LogP contribution in [0.1, 0.15) is 27.0 Å². The van der Waals surface area contributed by atoms with Gasteiger partial charge in [-0.2, -0.15) is 5.10 Å². The number of halogens is 2. The highest BCUT2D eigenvalue weighted by molar-refractivity contribution is 9.11. The molecule has 0 aromatic heterocycles. The summed E-state index contributed by atoms with van der Waals surface area (Å²) in [5, 5.41) is 17.5. The fourth-order valence-electron chi connectivity index (χ4n) is 2.95. The quantitative estimate of drug-likeness (QED) is 0.199. The van der Waals surface area contributed by atoms with Crippen molar-refractivity contribution in [3.05, 3.63) is 95.9 Å².